The summed E-state index contributed by atoms with van der Waals surface area (Å²) in [6, 6.07) is 0.296. The quantitative estimate of drug-likeness (QED) is 0.764. The Balaban J connectivity index is 2.63. The molecule has 0 spiro atoms. The van der Waals surface area contributed by atoms with Gasteiger partial charge in [-0.15, -0.1) is 5.10 Å². The third-order valence-corrected chi connectivity index (χ3v) is 2.72. The van der Waals surface area contributed by atoms with Gasteiger partial charge in [0, 0.05) is 6.61 Å². The average Bonchev–Trinajstić information content (AvgIpc) is 2.82. The summed E-state index contributed by atoms with van der Waals surface area (Å²) in [4.78, 5) is 0. The molecule has 6 nitrogen and oxygen atoms in total. The van der Waals surface area contributed by atoms with Crippen molar-refractivity contribution in [2.75, 3.05) is 19.8 Å². The summed E-state index contributed by atoms with van der Waals surface area (Å²) < 4.78 is 7.26. The molecule has 2 atom stereocenters. The molecule has 1 rings (SSSR count). The Morgan fingerprint density at radius 1 is 1.28 bits per heavy atom. The average molecular weight is 255 g/mol. The van der Waals surface area contributed by atoms with Gasteiger partial charge in [-0.25, -0.2) is 4.68 Å². The summed E-state index contributed by atoms with van der Waals surface area (Å²) in [6.45, 7) is 12.8. The fraction of sp³-hybridized carbons (Fsp3) is 0.917. The molecule has 1 heterocycles. The van der Waals surface area contributed by atoms with Gasteiger partial charge in [0.05, 0.1) is 18.7 Å². The Kier molecular flexibility index (Phi) is 6.21. The number of hydrogen-bond donors (Lipinski definition) is 1. The predicted molar refractivity (Wildman–Crippen MR) is 70.3 cm³/mol. The van der Waals surface area contributed by atoms with E-state index >= 15 is 0 Å². The zero-order chi connectivity index (χ0) is 13.5. The van der Waals surface area contributed by atoms with E-state index in [1.807, 2.05) is 11.6 Å². The standard InChI is InChI=1S/C12H25N5O/c1-6-18-8-10(4)17-12(14-15-16-17)11(5)13-7-9(2)3/h9-11,13H,6-8H2,1-5H3. The van der Waals surface area contributed by atoms with Gasteiger partial charge < -0.3 is 10.1 Å². The minimum Gasteiger partial charge on any atom is -0.380 e. The van der Waals surface area contributed by atoms with Crippen LogP contribution in [-0.4, -0.2) is 40.0 Å². The minimum atomic E-state index is 0.145. The molecule has 0 saturated carbocycles. The molecule has 0 aliphatic heterocycles. The number of tetrazole rings is 1. The number of nitrogens with one attached hydrogen (secondary N) is 1. The van der Waals surface area contributed by atoms with Gasteiger partial charge in [0.25, 0.3) is 0 Å². The number of ether oxygens (including phenoxy) is 1. The number of rotatable bonds is 8. The van der Waals surface area contributed by atoms with Crippen molar-refractivity contribution in [2.24, 2.45) is 5.92 Å². The fourth-order valence-electron chi connectivity index (χ4n) is 1.66. The molecular weight excluding hydrogens is 230 g/mol. The maximum absolute atomic E-state index is 5.42. The second-order valence-corrected chi connectivity index (χ2v) is 5.01. The minimum absolute atomic E-state index is 0.145. The lowest BCUT2D eigenvalue weighted by Gasteiger charge is -2.18. The topological polar surface area (TPSA) is 64.9 Å². The van der Waals surface area contributed by atoms with E-state index in [4.69, 9.17) is 4.74 Å². The molecule has 18 heavy (non-hydrogen) atoms. The second-order valence-electron chi connectivity index (χ2n) is 5.01. The molecule has 2 unspecified atom stereocenters. The molecule has 0 amide bonds. The monoisotopic (exact) mass is 255 g/mol. The third-order valence-electron chi connectivity index (χ3n) is 2.72. The number of hydrogen-bond acceptors (Lipinski definition) is 5. The van der Waals surface area contributed by atoms with Gasteiger partial charge in [0.1, 0.15) is 0 Å². The van der Waals surface area contributed by atoms with Gasteiger partial charge >= 0.3 is 0 Å². The van der Waals surface area contributed by atoms with Crippen molar-refractivity contribution in [1.82, 2.24) is 25.5 Å². The molecule has 104 valence electrons. The van der Waals surface area contributed by atoms with Crippen LogP contribution in [0.15, 0.2) is 0 Å². The Morgan fingerprint density at radius 3 is 2.61 bits per heavy atom. The predicted octanol–water partition coefficient (Wildman–Crippen LogP) is 1.58. The highest BCUT2D eigenvalue weighted by Crippen LogP contribution is 2.13. The van der Waals surface area contributed by atoms with E-state index in [-0.39, 0.29) is 12.1 Å². The lowest BCUT2D eigenvalue weighted by Crippen LogP contribution is -2.27. The van der Waals surface area contributed by atoms with Crippen LogP contribution in [0.4, 0.5) is 0 Å². The molecule has 0 aromatic carbocycles. The van der Waals surface area contributed by atoms with Gasteiger partial charge in [-0.2, -0.15) is 0 Å². The Morgan fingerprint density at radius 2 is 2.00 bits per heavy atom. The maximum Gasteiger partial charge on any atom is 0.168 e. The molecule has 0 aliphatic rings. The Hall–Kier alpha value is -1.01. The lowest BCUT2D eigenvalue weighted by atomic mass is 10.2. The van der Waals surface area contributed by atoms with Crippen molar-refractivity contribution in [3.8, 4) is 0 Å². The maximum atomic E-state index is 5.42. The van der Waals surface area contributed by atoms with Crippen LogP contribution in [-0.2, 0) is 4.74 Å². The van der Waals surface area contributed by atoms with E-state index in [0.29, 0.717) is 19.1 Å². The molecule has 0 aliphatic carbocycles. The van der Waals surface area contributed by atoms with Crippen LogP contribution in [0.3, 0.4) is 0 Å². The van der Waals surface area contributed by atoms with Crippen molar-refractivity contribution in [3.63, 3.8) is 0 Å². The van der Waals surface area contributed by atoms with Crippen LogP contribution in [0.5, 0.6) is 0 Å². The van der Waals surface area contributed by atoms with E-state index in [0.717, 1.165) is 12.4 Å². The summed E-state index contributed by atoms with van der Waals surface area (Å²) in [5.74, 6) is 1.47. The van der Waals surface area contributed by atoms with Gasteiger partial charge in [-0.05, 0) is 43.7 Å². The number of nitrogens with zero attached hydrogens (tertiary/aromatic N) is 4. The van der Waals surface area contributed by atoms with Crippen LogP contribution in [0, 0.1) is 5.92 Å². The zero-order valence-electron chi connectivity index (χ0n) is 12.1. The van der Waals surface area contributed by atoms with Crippen molar-refractivity contribution in [2.45, 2.75) is 46.7 Å². The third kappa shape index (κ3) is 4.34. The largest absolute Gasteiger partial charge is 0.380 e. The van der Waals surface area contributed by atoms with E-state index in [2.05, 4.69) is 48.5 Å². The van der Waals surface area contributed by atoms with E-state index < -0.39 is 0 Å². The summed E-state index contributed by atoms with van der Waals surface area (Å²) in [5, 5.41) is 15.4. The summed E-state index contributed by atoms with van der Waals surface area (Å²) >= 11 is 0. The van der Waals surface area contributed by atoms with E-state index in [1.54, 1.807) is 0 Å². The molecule has 1 aromatic heterocycles. The molecular formula is C12H25N5O. The molecule has 0 fully saturated rings. The molecule has 1 N–H and O–H groups in total. The second kappa shape index (κ2) is 7.43. The van der Waals surface area contributed by atoms with E-state index in [1.165, 1.54) is 0 Å². The van der Waals surface area contributed by atoms with Crippen LogP contribution in [0.1, 0.15) is 52.5 Å². The highest BCUT2D eigenvalue weighted by Gasteiger charge is 2.18. The SMILES string of the molecule is CCOCC(C)n1nnnc1C(C)NCC(C)C. The van der Waals surface area contributed by atoms with E-state index in [9.17, 15) is 0 Å². The first-order chi connectivity index (χ1) is 8.56. The molecule has 0 bridgehead atoms. The van der Waals surface area contributed by atoms with Crippen LogP contribution >= 0.6 is 0 Å². The van der Waals surface area contributed by atoms with Crippen LogP contribution < -0.4 is 5.32 Å². The van der Waals surface area contributed by atoms with Gasteiger partial charge in [0.15, 0.2) is 5.82 Å². The van der Waals surface area contributed by atoms with Gasteiger partial charge in [0.2, 0.25) is 0 Å². The number of aromatic nitrogens is 4. The normalized spacial score (nSPS) is 15.0. The van der Waals surface area contributed by atoms with Gasteiger partial charge in [-0.3, -0.25) is 0 Å². The summed E-state index contributed by atoms with van der Waals surface area (Å²) in [5.41, 5.74) is 0. The highest BCUT2D eigenvalue weighted by atomic mass is 16.5. The highest BCUT2D eigenvalue weighted by molar-refractivity contribution is 4.91. The Bertz CT molecular complexity index is 339. The summed E-state index contributed by atoms with van der Waals surface area (Å²) in [6.07, 6.45) is 0. The smallest absolute Gasteiger partial charge is 0.168 e. The first-order valence-electron chi connectivity index (χ1n) is 6.65. The molecule has 1 aromatic rings. The van der Waals surface area contributed by atoms with Crippen molar-refractivity contribution >= 4 is 0 Å². The molecule has 0 saturated heterocycles. The fourth-order valence-corrected chi connectivity index (χ4v) is 1.66. The first-order valence-corrected chi connectivity index (χ1v) is 6.65. The molecule has 6 heteroatoms. The zero-order valence-corrected chi connectivity index (χ0v) is 12.1. The van der Waals surface area contributed by atoms with Crippen LogP contribution in [0.25, 0.3) is 0 Å². The van der Waals surface area contributed by atoms with Crippen molar-refractivity contribution in [3.05, 3.63) is 5.82 Å². The molecule has 0 radical (unpaired) electrons. The first kappa shape index (κ1) is 15.0. The van der Waals surface area contributed by atoms with Gasteiger partial charge in [-0.1, -0.05) is 13.8 Å². The Labute approximate surface area is 109 Å². The van der Waals surface area contributed by atoms with Crippen LogP contribution in [0.2, 0.25) is 0 Å². The lowest BCUT2D eigenvalue weighted by molar-refractivity contribution is 0.112. The van der Waals surface area contributed by atoms with Crippen molar-refractivity contribution < 1.29 is 4.74 Å². The van der Waals surface area contributed by atoms with Crippen molar-refractivity contribution in [1.29, 1.82) is 0 Å². The summed E-state index contributed by atoms with van der Waals surface area (Å²) in [7, 11) is 0.